The molecule has 2 saturated heterocycles. The van der Waals surface area contributed by atoms with E-state index in [1.165, 1.54) is 7.05 Å². The van der Waals surface area contributed by atoms with Gasteiger partial charge in [-0.2, -0.15) is 0 Å². The Morgan fingerprint density at radius 2 is 1.72 bits per heavy atom. The SMILES string of the molecule is CCC1C(=O)O[C@H](C)C/C=C/C=C/C=C/C=C/[C@H](O[C@@H]2OC[C@@H](O)[C@H](N)[C@@H]2O)C[C@@H]2O[C@](O)(C[C@@H](O)CCCC(=O)C[C@H]1O)C[C@H](O)[C@H]2NC(=O)NC. The van der Waals surface area contributed by atoms with Gasteiger partial charge in [-0.3, -0.25) is 9.59 Å². The van der Waals surface area contributed by atoms with Gasteiger partial charge in [0, 0.05) is 45.6 Å². The first-order chi connectivity index (χ1) is 25.2. The number of hydrogen-bond acceptors (Lipinski definition) is 14. The van der Waals surface area contributed by atoms with Crippen LogP contribution in [0.1, 0.15) is 71.6 Å². The highest BCUT2D eigenvalue weighted by atomic mass is 16.7. The summed E-state index contributed by atoms with van der Waals surface area (Å²) in [4.78, 5) is 37.9. The number of fused-ring (bicyclic) bond motifs is 2. The highest BCUT2D eigenvalue weighted by Gasteiger charge is 2.48. The van der Waals surface area contributed by atoms with E-state index in [-0.39, 0.29) is 63.8 Å². The van der Waals surface area contributed by atoms with Gasteiger partial charge in [0.15, 0.2) is 12.1 Å². The number of rotatable bonds is 4. The summed E-state index contributed by atoms with van der Waals surface area (Å²) < 4.78 is 23.3. The van der Waals surface area contributed by atoms with E-state index in [1.807, 2.05) is 6.08 Å². The van der Waals surface area contributed by atoms with Gasteiger partial charge in [-0.15, -0.1) is 0 Å². The molecule has 3 rings (SSSR count). The second-order valence-electron chi connectivity index (χ2n) is 14.0. The van der Waals surface area contributed by atoms with Gasteiger partial charge < -0.3 is 66.0 Å². The number of hydrogen-bond donors (Lipinski definition) is 9. The fourth-order valence-electron chi connectivity index (χ4n) is 6.56. The number of urea groups is 1. The lowest BCUT2D eigenvalue weighted by atomic mass is 9.87. The summed E-state index contributed by atoms with van der Waals surface area (Å²) in [6.07, 6.45) is 3.82. The van der Waals surface area contributed by atoms with Gasteiger partial charge in [-0.05, 0) is 26.2 Å². The first-order valence-corrected chi connectivity index (χ1v) is 18.4. The molecular formula is C37H59N3O13. The number of Topliss-reactive ketones (excluding diaryl/α,β-unsaturated/α-hetero) is 1. The summed E-state index contributed by atoms with van der Waals surface area (Å²) in [5, 5.41) is 70.2. The fourth-order valence-corrected chi connectivity index (χ4v) is 6.56. The average Bonchev–Trinajstić information content (AvgIpc) is 3.08. The van der Waals surface area contributed by atoms with Gasteiger partial charge in [-0.25, -0.2) is 4.79 Å². The number of aliphatic hydroxyl groups is 6. The van der Waals surface area contributed by atoms with Crippen molar-refractivity contribution in [3.63, 3.8) is 0 Å². The van der Waals surface area contributed by atoms with E-state index in [2.05, 4.69) is 10.6 Å². The van der Waals surface area contributed by atoms with Gasteiger partial charge in [0.05, 0.1) is 61.2 Å². The lowest BCUT2D eigenvalue weighted by Gasteiger charge is -2.46. The minimum absolute atomic E-state index is 0.00650. The molecule has 2 bridgehead atoms. The number of nitrogens with two attached hydrogens (primary N) is 1. The standard InChI is InChI=1S/C37H59N3O13/c1-4-26-27(43)17-23(41)14-12-15-24(42)19-37(49)20-28(44)32(40-36(48)39-3)30(53-37)18-25(52-35-33(46)31(38)29(45)21-50-35)16-11-9-7-5-6-8-10-13-22(2)51-34(26)47/h5-11,16,22,24-33,35,42-46,49H,4,12-15,17-21,38H2,1-3H3,(H2,39,40,48)/b6-5+,9-7+,10-8+,16-11+/t22-,24+,25+,26?,27-,28+,29-,30+,31+,32-,33+,35+,37-/m1/s1. The molecular weight excluding hydrogens is 694 g/mol. The molecule has 0 aromatic heterocycles. The molecule has 0 radical (unpaired) electrons. The summed E-state index contributed by atoms with van der Waals surface area (Å²) in [6, 6.07) is -2.71. The molecule has 0 aliphatic carbocycles. The van der Waals surface area contributed by atoms with E-state index in [9.17, 15) is 45.0 Å². The Hall–Kier alpha value is -3.03. The van der Waals surface area contributed by atoms with Gasteiger partial charge in [-0.1, -0.05) is 55.5 Å². The highest BCUT2D eigenvalue weighted by molar-refractivity contribution is 5.80. The van der Waals surface area contributed by atoms with Crippen molar-refractivity contribution in [3.8, 4) is 0 Å². The minimum Gasteiger partial charge on any atom is -0.462 e. The Labute approximate surface area is 310 Å². The zero-order valence-corrected chi connectivity index (χ0v) is 30.7. The summed E-state index contributed by atoms with van der Waals surface area (Å²) in [5.41, 5.74) is 5.95. The third kappa shape index (κ3) is 14.3. The highest BCUT2D eigenvalue weighted by Crippen LogP contribution is 2.35. The molecule has 0 saturated carbocycles. The van der Waals surface area contributed by atoms with Gasteiger partial charge in [0.2, 0.25) is 0 Å². The number of esters is 1. The predicted octanol–water partition coefficient (Wildman–Crippen LogP) is 0.131. The van der Waals surface area contributed by atoms with E-state index in [0.717, 1.165) is 0 Å². The van der Waals surface area contributed by atoms with E-state index in [4.69, 9.17) is 24.7 Å². The molecule has 0 spiro atoms. The van der Waals surface area contributed by atoms with Gasteiger partial charge >= 0.3 is 12.0 Å². The second kappa shape index (κ2) is 21.8. The molecule has 3 heterocycles. The van der Waals surface area contributed by atoms with Crippen molar-refractivity contribution in [3.05, 3.63) is 48.6 Å². The van der Waals surface area contributed by atoms with Crippen LogP contribution in [-0.4, -0.2) is 135 Å². The van der Waals surface area contributed by atoms with E-state index in [0.29, 0.717) is 6.42 Å². The molecule has 300 valence electrons. The third-order valence-corrected chi connectivity index (χ3v) is 9.56. The molecule has 53 heavy (non-hydrogen) atoms. The number of carbonyl (C=O) groups is 3. The fraction of sp³-hybridized carbons (Fsp3) is 0.703. The minimum atomic E-state index is -2.05. The van der Waals surface area contributed by atoms with Crippen molar-refractivity contribution in [1.82, 2.24) is 10.6 Å². The number of amides is 2. The smallest absolute Gasteiger partial charge is 0.314 e. The zero-order valence-electron chi connectivity index (χ0n) is 30.7. The van der Waals surface area contributed by atoms with Crippen molar-refractivity contribution >= 4 is 17.8 Å². The van der Waals surface area contributed by atoms with Crippen LogP contribution in [0.4, 0.5) is 4.79 Å². The molecule has 3 aliphatic heterocycles. The lowest BCUT2D eigenvalue weighted by Crippen LogP contribution is -2.63. The zero-order chi connectivity index (χ0) is 39.1. The summed E-state index contributed by atoms with van der Waals surface area (Å²) in [6.45, 7) is 3.27. The van der Waals surface area contributed by atoms with Crippen LogP contribution in [0.25, 0.3) is 0 Å². The van der Waals surface area contributed by atoms with Crippen LogP contribution < -0.4 is 16.4 Å². The van der Waals surface area contributed by atoms with Crippen LogP contribution in [0.5, 0.6) is 0 Å². The molecule has 2 fully saturated rings. The summed E-state index contributed by atoms with van der Waals surface area (Å²) in [5.74, 6) is -3.82. The van der Waals surface area contributed by atoms with Crippen LogP contribution in [0.3, 0.4) is 0 Å². The van der Waals surface area contributed by atoms with Crippen LogP contribution in [0, 0.1) is 5.92 Å². The third-order valence-electron chi connectivity index (χ3n) is 9.56. The van der Waals surface area contributed by atoms with E-state index >= 15 is 0 Å². The monoisotopic (exact) mass is 753 g/mol. The molecule has 2 amide bonds. The molecule has 16 heteroatoms. The van der Waals surface area contributed by atoms with Crippen molar-refractivity contribution in [2.24, 2.45) is 11.7 Å². The first kappa shape index (κ1) is 44.4. The topological polar surface area (TPSA) is 260 Å². The first-order valence-electron chi connectivity index (χ1n) is 18.4. The van der Waals surface area contributed by atoms with Gasteiger partial charge in [0.25, 0.3) is 0 Å². The van der Waals surface area contributed by atoms with E-state index in [1.54, 1.807) is 56.4 Å². The number of ether oxygens (including phenoxy) is 4. The average molecular weight is 754 g/mol. The molecule has 0 aromatic carbocycles. The molecule has 1 unspecified atom stereocenters. The maximum absolute atomic E-state index is 12.8. The predicted molar refractivity (Wildman–Crippen MR) is 192 cm³/mol. The maximum Gasteiger partial charge on any atom is 0.314 e. The quantitative estimate of drug-likeness (QED) is 0.173. The van der Waals surface area contributed by atoms with Crippen molar-refractivity contribution in [2.75, 3.05) is 13.7 Å². The van der Waals surface area contributed by atoms with E-state index < -0.39 is 90.9 Å². The molecule has 13 atom stereocenters. The Balaban J connectivity index is 1.89. The number of carbonyl (C=O) groups excluding carboxylic acids is 3. The molecule has 10 N–H and O–H groups in total. The summed E-state index contributed by atoms with van der Waals surface area (Å²) in [7, 11) is 1.40. The molecule has 0 aromatic rings. The van der Waals surface area contributed by atoms with Crippen LogP contribution >= 0.6 is 0 Å². The van der Waals surface area contributed by atoms with Gasteiger partial charge in [0.1, 0.15) is 18.0 Å². The van der Waals surface area contributed by atoms with Crippen molar-refractivity contribution in [1.29, 1.82) is 0 Å². The normalized spacial score (nSPS) is 41.3. The Bertz CT molecular complexity index is 1290. The van der Waals surface area contributed by atoms with Crippen LogP contribution in [0.15, 0.2) is 48.6 Å². The molecule has 16 nitrogen and oxygen atoms in total. The molecule has 3 aliphatic rings. The lowest BCUT2D eigenvalue weighted by molar-refractivity contribution is -0.298. The number of cyclic esters (lactones) is 1. The number of allylic oxidation sites excluding steroid dienone is 6. The largest absolute Gasteiger partial charge is 0.462 e. The summed E-state index contributed by atoms with van der Waals surface area (Å²) >= 11 is 0. The number of ketones is 1. The number of nitrogens with one attached hydrogen (secondary N) is 2. The Morgan fingerprint density at radius 3 is 2.42 bits per heavy atom. The Morgan fingerprint density at radius 1 is 1.02 bits per heavy atom. The number of aliphatic hydroxyl groups excluding tert-OH is 5. The van der Waals surface area contributed by atoms with Crippen molar-refractivity contribution < 1.29 is 64.0 Å². The van der Waals surface area contributed by atoms with Crippen molar-refractivity contribution in [2.45, 2.75) is 145 Å². The van der Waals surface area contributed by atoms with Crippen LogP contribution in [0.2, 0.25) is 0 Å². The van der Waals surface area contributed by atoms with Crippen LogP contribution in [-0.2, 0) is 28.5 Å². The second-order valence-corrected chi connectivity index (χ2v) is 14.0. The Kier molecular flexibility index (Phi) is 18.2. The maximum atomic E-state index is 12.8.